The molecular formula is C14H13ClN4. The van der Waals surface area contributed by atoms with Gasteiger partial charge in [0, 0.05) is 25.5 Å². The maximum Gasteiger partial charge on any atom is 0.133 e. The van der Waals surface area contributed by atoms with E-state index in [-0.39, 0.29) is 0 Å². The van der Waals surface area contributed by atoms with E-state index in [1.165, 1.54) is 6.07 Å². The highest BCUT2D eigenvalue weighted by molar-refractivity contribution is 6.29. The number of nitrogens with one attached hydrogen (secondary N) is 1. The van der Waals surface area contributed by atoms with Crippen molar-refractivity contribution in [2.75, 3.05) is 24.3 Å². The standard InChI is InChI=1S/C14H13ClN4/c1-19(2)12-5-3-11(4-6-12)17-14-8-10(9-16)7-13(15)18-14/h3-8H,1-2H3,(H,17,18). The zero-order valence-corrected chi connectivity index (χ0v) is 11.4. The Morgan fingerprint density at radius 1 is 1.21 bits per heavy atom. The Bertz CT molecular complexity index is 614. The van der Waals surface area contributed by atoms with Crippen molar-refractivity contribution in [2.45, 2.75) is 0 Å². The highest BCUT2D eigenvalue weighted by atomic mass is 35.5. The lowest BCUT2D eigenvalue weighted by molar-refractivity contribution is 1.13. The fraction of sp³-hybridized carbons (Fsp3) is 0.143. The Morgan fingerprint density at radius 2 is 1.89 bits per heavy atom. The van der Waals surface area contributed by atoms with Gasteiger partial charge in [-0.1, -0.05) is 11.6 Å². The Balaban J connectivity index is 2.21. The molecule has 0 atom stereocenters. The molecule has 2 rings (SSSR count). The molecule has 0 bridgehead atoms. The topological polar surface area (TPSA) is 52.0 Å². The summed E-state index contributed by atoms with van der Waals surface area (Å²) in [6.45, 7) is 0. The van der Waals surface area contributed by atoms with E-state index in [2.05, 4.69) is 10.3 Å². The first-order valence-corrected chi connectivity index (χ1v) is 6.08. The minimum atomic E-state index is 0.298. The lowest BCUT2D eigenvalue weighted by Crippen LogP contribution is -2.08. The van der Waals surface area contributed by atoms with Crippen LogP contribution in [-0.2, 0) is 0 Å². The maximum atomic E-state index is 8.88. The van der Waals surface area contributed by atoms with Crippen LogP contribution in [-0.4, -0.2) is 19.1 Å². The molecule has 19 heavy (non-hydrogen) atoms. The molecule has 2 aromatic rings. The average Bonchev–Trinajstić information content (AvgIpc) is 2.38. The second kappa shape index (κ2) is 5.59. The van der Waals surface area contributed by atoms with Gasteiger partial charge in [-0.05, 0) is 36.4 Å². The third-order valence-corrected chi connectivity index (χ3v) is 2.77. The molecule has 0 saturated carbocycles. The van der Waals surface area contributed by atoms with Crippen LogP contribution in [0.1, 0.15) is 5.56 Å². The number of nitriles is 1. The zero-order chi connectivity index (χ0) is 13.8. The highest BCUT2D eigenvalue weighted by Crippen LogP contribution is 2.21. The lowest BCUT2D eigenvalue weighted by atomic mass is 10.2. The molecule has 1 N–H and O–H groups in total. The number of hydrogen-bond acceptors (Lipinski definition) is 4. The molecular weight excluding hydrogens is 260 g/mol. The predicted molar refractivity (Wildman–Crippen MR) is 78.0 cm³/mol. The molecule has 1 heterocycles. The largest absolute Gasteiger partial charge is 0.378 e. The zero-order valence-electron chi connectivity index (χ0n) is 10.7. The number of halogens is 1. The van der Waals surface area contributed by atoms with Crippen LogP contribution >= 0.6 is 11.6 Å². The Labute approximate surface area is 117 Å². The third kappa shape index (κ3) is 3.36. The SMILES string of the molecule is CN(C)c1ccc(Nc2cc(C#N)cc(Cl)n2)cc1. The van der Waals surface area contributed by atoms with E-state index in [9.17, 15) is 0 Å². The number of nitrogens with zero attached hydrogens (tertiary/aromatic N) is 3. The van der Waals surface area contributed by atoms with Crippen molar-refractivity contribution in [3.05, 3.63) is 47.1 Å². The van der Waals surface area contributed by atoms with E-state index in [0.717, 1.165) is 11.4 Å². The van der Waals surface area contributed by atoms with Crippen LogP contribution in [0.3, 0.4) is 0 Å². The van der Waals surface area contributed by atoms with Crippen molar-refractivity contribution in [3.8, 4) is 6.07 Å². The van der Waals surface area contributed by atoms with Gasteiger partial charge in [0.05, 0.1) is 11.6 Å². The van der Waals surface area contributed by atoms with Crippen LogP contribution in [0.4, 0.5) is 17.2 Å². The summed E-state index contributed by atoms with van der Waals surface area (Å²) in [6.07, 6.45) is 0. The number of hydrogen-bond donors (Lipinski definition) is 1. The van der Waals surface area contributed by atoms with Gasteiger partial charge in [0.15, 0.2) is 0 Å². The van der Waals surface area contributed by atoms with Crippen molar-refractivity contribution >= 4 is 28.8 Å². The summed E-state index contributed by atoms with van der Waals surface area (Å²) in [5.41, 5.74) is 2.49. The van der Waals surface area contributed by atoms with Crippen LogP contribution in [0.2, 0.25) is 5.15 Å². The third-order valence-electron chi connectivity index (χ3n) is 2.58. The summed E-state index contributed by atoms with van der Waals surface area (Å²) < 4.78 is 0. The van der Waals surface area contributed by atoms with Gasteiger partial charge in [-0.3, -0.25) is 0 Å². The predicted octanol–water partition coefficient (Wildman–Crippen LogP) is 3.42. The van der Waals surface area contributed by atoms with Crippen LogP contribution in [0.25, 0.3) is 0 Å². The van der Waals surface area contributed by atoms with E-state index < -0.39 is 0 Å². The van der Waals surface area contributed by atoms with Crippen molar-refractivity contribution < 1.29 is 0 Å². The smallest absolute Gasteiger partial charge is 0.133 e. The summed E-state index contributed by atoms with van der Waals surface area (Å²) in [5.74, 6) is 0.557. The fourth-order valence-corrected chi connectivity index (χ4v) is 1.82. The summed E-state index contributed by atoms with van der Waals surface area (Å²) in [6, 6.07) is 13.1. The van der Waals surface area contributed by atoms with Gasteiger partial charge in [0.2, 0.25) is 0 Å². The van der Waals surface area contributed by atoms with Gasteiger partial charge < -0.3 is 10.2 Å². The van der Waals surface area contributed by atoms with Crippen molar-refractivity contribution in [2.24, 2.45) is 0 Å². The number of pyridine rings is 1. The molecule has 0 saturated heterocycles. The molecule has 5 heteroatoms. The molecule has 0 aliphatic rings. The van der Waals surface area contributed by atoms with Crippen LogP contribution < -0.4 is 10.2 Å². The number of benzene rings is 1. The number of aromatic nitrogens is 1. The van der Waals surface area contributed by atoms with Crippen LogP contribution in [0.15, 0.2) is 36.4 Å². The molecule has 0 aliphatic heterocycles. The first-order valence-electron chi connectivity index (χ1n) is 5.70. The van der Waals surface area contributed by atoms with Crippen molar-refractivity contribution in [3.63, 3.8) is 0 Å². The molecule has 96 valence electrons. The van der Waals surface area contributed by atoms with Crippen molar-refractivity contribution in [1.82, 2.24) is 4.98 Å². The van der Waals surface area contributed by atoms with Crippen LogP contribution in [0.5, 0.6) is 0 Å². The molecule has 0 spiro atoms. The van der Waals surface area contributed by atoms with Crippen molar-refractivity contribution in [1.29, 1.82) is 5.26 Å². The number of anilines is 3. The minimum Gasteiger partial charge on any atom is -0.378 e. The van der Waals surface area contributed by atoms with E-state index in [0.29, 0.717) is 16.5 Å². The van der Waals surface area contributed by atoms with Gasteiger partial charge >= 0.3 is 0 Å². The quantitative estimate of drug-likeness (QED) is 0.870. The lowest BCUT2D eigenvalue weighted by Gasteiger charge is -2.13. The molecule has 0 radical (unpaired) electrons. The molecule has 0 unspecified atom stereocenters. The minimum absolute atomic E-state index is 0.298. The highest BCUT2D eigenvalue weighted by Gasteiger charge is 2.02. The van der Waals surface area contributed by atoms with E-state index >= 15 is 0 Å². The molecule has 0 aliphatic carbocycles. The van der Waals surface area contributed by atoms with Gasteiger partial charge in [-0.25, -0.2) is 4.98 Å². The van der Waals surface area contributed by atoms with E-state index in [1.807, 2.05) is 49.3 Å². The number of rotatable bonds is 3. The monoisotopic (exact) mass is 272 g/mol. The second-order valence-corrected chi connectivity index (χ2v) is 4.63. The Kier molecular flexibility index (Phi) is 3.88. The Morgan fingerprint density at radius 3 is 2.47 bits per heavy atom. The average molecular weight is 273 g/mol. The normalized spacial score (nSPS) is 9.79. The van der Waals surface area contributed by atoms with Gasteiger partial charge in [-0.15, -0.1) is 0 Å². The van der Waals surface area contributed by atoms with E-state index in [4.69, 9.17) is 16.9 Å². The second-order valence-electron chi connectivity index (χ2n) is 4.24. The first-order chi connectivity index (χ1) is 9.08. The fourth-order valence-electron chi connectivity index (χ4n) is 1.62. The van der Waals surface area contributed by atoms with Crippen LogP contribution in [0, 0.1) is 11.3 Å². The molecule has 0 amide bonds. The van der Waals surface area contributed by atoms with Gasteiger partial charge in [0.1, 0.15) is 11.0 Å². The molecule has 1 aromatic carbocycles. The summed E-state index contributed by atoms with van der Waals surface area (Å²) >= 11 is 5.85. The van der Waals surface area contributed by atoms with Gasteiger partial charge in [0.25, 0.3) is 0 Å². The molecule has 0 fully saturated rings. The summed E-state index contributed by atoms with van der Waals surface area (Å²) in [5, 5.41) is 12.3. The maximum absolute atomic E-state index is 8.88. The van der Waals surface area contributed by atoms with Gasteiger partial charge in [-0.2, -0.15) is 5.26 Å². The summed E-state index contributed by atoms with van der Waals surface area (Å²) in [4.78, 5) is 6.15. The first kappa shape index (κ1) is 13.2. The Hall–Kier alpha value is -2.25. The molecule has 1 aromatic heterocycles. The van der Waals surface area contributed by atoms with E-state index in [1.54, 1.807) is 6.07 Å². The summed E-state index contributed by atoms with van der Waals surface area (Å²) in [7, 11) is 3.97. The molecule has 4 nitrogen and oxygen atoms in total.